The molecule has 3 rings (SSSR count). The van der Waals surface area contributed by atoms with E-state index < -0.39 is 0 Å². The standard InChI is InChI=1S/C17H21FN4O2.ClH/c1-10(2)17-21-15(24-22-17)6-5-14(23)20-13-4-3-11-9-19-8-7-12(11)16(13)18;/h3-4,10,19H,5-9H2,1-2H3,(H,20,23);1H. The van der Waals surface area contributed by atoms with E-state index in [2.05, 4.69) is 20.8 Å². The van der Waals surface area contributed by atoms with Crippen molar-refractivity contribution in [2.24, 2.45) is 0 Å². The van der Waals surface area contributed by atoms with Gasteiger partial charge in [-0.3, -0.25) is 4.79 Å². The van der Waals surface area contributed by atoms with Crippen LogP contribution < -0.4 is 10.6 Å². The lowest BCUT2D eigenvalue weighted by molar-refractivity contribution is -0.116. The fourth-order valence-electron chi connectivity index (χ4n) is 2.67. The number of fused-ring (bicyclic) bond motifs is 1. The van der Waals surface area contributed by atoms with Crippen molar-refractivity contribution in [3.63, 3.8) is 0 Å². The lowest BCUT2D eigenvalue weighted by atomic mass is 9.99. The molecule has 0 unspecified atom stereocenters. The van der Waals surface area contributed by atoms with Crippen LogP contribution >= 0.6 is 12.4 Å². The van der Waals surface area contributed by atoms with E-state index in [0.29, 0.717) is 36.7 Å². The van der Waals surface area contributed by atoms with Gasteiger partial charge < -0.3 is 15.2 Å². The van der Waals surface area contributed by atoms with E-state index >= 15 is 0 Å². The molecular formula is C17H22ClFN4O2. The molecule has 8 heteroatoms. The van der Waals surface area contributed by atoms with Crippen molar-refractivity contribution >= 4 is 24.0 Å². The highest BCUT2D eigenvalue weighted by Gasteiger charge is 2.18. The number of anilines is 1. The zero-order chi connectivity index (χ0) is 17.1. The Labute approximate surface area is 152 Å². The second-order valence-electron chi connectivity index (χ2n) is 6.24. The van der Waals surface area contributed by atoms with Crippen molar-refractivity contribution in [3.05, 3.63) is 40.8 Å². The molecule has 6 nitrogen and oxygen atoms in total. The quantitative estimate of drug-likeness (QED) is 0.848. The van der Waals surface area contributed by atoms with E-state index in [-0.39, 0.29) is 42.2 Å². The molecule has 0 bridgehead atoms. The maximum absolute atomic E-state index is 14.5. The summed E-state index contributed by atoms with van der Waals surface area (Å²) in [6, 6.07) is 3.47. The van der Waals surface area contributed by atoms with Crippen LogP contribution in [0.2, 0.25) is 0 Å². The minimum Gasteiger partial charge on any atom is -0.339 e. The summed E-state index contributed by atoms with van der Waals surface area (Å²) in [5.41, 5.74) is 1.86. The predicted octanol–water partition coefficient (Wildman–Crippen LogP) is 2.97. The molecule has 25 heavy (non-hydrogen) atoms. The van der Waals surface area contributed by atoms with E-state index in [0.717, 1.165) is 12.1 Å². The highest BCUT2D eigenvalue weighted by atomic mass is 35.5. The number of carbonyl (C=O) groups is 1. The van der Waals surface area contributed by atoms with Gasteiger partial charge in [-0.05, 0) is 30.2 Å². The highest BCUT2D eigenvalue weighted by Crippen LogP contribution is 2.24. The number of hydrogen-bond donors (Lipinski definition) is 2. The Hall–Kier alpha value is -1.99. The number of aryl methyl sites for hydroxylation is 1. The summed E-state index contributed by atoms with van der Waals surface area (Å²) >= 11 is 0. The third-order valence-electron chi connectivity index (χ3n) is 4.05. The number of aromatic nitrogens is 2. The number of amides is 1. The van der Waals surface area contributed by atoms with Gasteiger partial charge in [0, 0.05) is 25.3 Å². The Balaban J connectivity index is 0.00000225. The molecule has 0 atom stereocenters. The molecule has 2 aromatic rings. The summed E-state index contributed by atoms with van der Waals surface area (Å²) in [7, 11) is 0. The summed E-state index contributed by atoms with van der Waals surface area (Å²) in [5, 5.41) is 9.69. The molecule has 1 aliphatic heterocycles. The van der Waals surface area contributed by atoms with Crippen LogP contribution in [0.25, 0.3) is 0 Å². The Kier molecular flexibility index (Phi) is 6.50. The normalized spacial score (nSPS) is 13.3. The van der Waals surface area contributed by atoms with Gasteiger partial charge in [0.1, 0.15) is 5.82 Å². The van der Waals surface area contributed by atoms with Crippen LogP contribution in [0.5, 0.6) is 0 Å². The first-order valence-electron chi connectivity index (χ1n) is 8.18. The summed E-state index contributed by atoms with van der Waals surface area (Å²) in [6.45, 7) is 5.35. The van der Waals surface area contributed by atoms with Crippen molar-refractivity contribution in [2.75, 3.05) is 11.9 Å². The summed E-state index contributed by atoms with van der Waals surface area (Å²) in [5.74, 6) is 0.621. The predicted molar refractivity (Wildman–Crippen MR) is 94.4 cm³/mol. The molecule has 0 radical (unpaired) electrons. The second kappa shape index (κ2) is 8.40. The summed E-state index contributed by atoms with van der Waals surface area (Å²) < 4.78 is 19.6. The molecule has 136 valence electrons. The SMILES string of the molecule is CC(C)c1noc(CCC(=O)Nc2ccc3c(c2F)CCNC3)n1.Cl. The van der Waals surface area contributed by atoms with Crippen molar-refractivity contribution < 1.29 is 13.7 Å². The van der Waals surface area contributed by atoms with E-state index in [4.69, 9.17) is 4.52 Å². The van der Waals surface area contributed by atoms with Gasteiger partial charge >= 0.3 is 0 Å². The Morgan fingerprint density at radius 2 is 2.24 bits per heavy atom. The van der Waals surface area contributed by atoms with Crippen molar-refractivity contribution in [1.82, 2.24) is 15.5 Å². The van der Waals surface area contributed by atoms with Gasteiger partial charge in [0.15, 0.2) is 5.82 Å². The third kappa shape index (κ3) is 4.55. The largest absolute Gasteiger partial charge is 0.339 e. The average molecular weight is 369 g/mol. The van der Waals surface area contributed by atoms with E-state index in [1.165, 1.54) is 0 Å². The number of nitrogens with one attached hydrogen (secondary N) is 2. The van der Waals surface area contributed by atoms with Crippen LogP contribution in [0.1, 0.15) is 49.0 Å². The molecule has 0 spiro atoms. The summed E-state index contributed by atoms with van der Waals surface area (Å²) in [6.07, 6.45) is 1.13. The monoisotopic (exact) mass is 368 g/mol. The first-order valence-corrected chi connectivity index (χ1v) is 8.18. The van der Waals surface area contributed by atoms with E-state index in [1.807, 2.05) is 19.9 Å². The number of hydrogen-bond acceptors (Lipinski definition) is 5. The van der Waals surface area contributed by atoms with E-state index in [9.17, 15) is 9.18 Å². The molecule has 2 heterocycles. The van der Waals surface area contributed by atoms with Crippen LogP contribution in [0.4, 0.5) is 10.1 Å². The zero-order valence-corrected chi connectivity index (χ0v) is 15.1. The van der Waals surface area contributed by atoms with Crippen molar-refractivity contribution in [1.29, 1.82) is 0 Å². The molecule has 1 aliphatic rings. The third-order valence-corrected chi connectivity index (χ3v) is 4.05. The zero-order valence-electron chi connectivity index (χ0n) is 14.3. The maximum atomic E-state index is 14.5. The van der Waals surface area contributed by atoms with Crippen LogP contribution in [-0.4, -0.2) is 22.6 Å². The fraction of sp³-hybridized carbons (Fsp3) is 0.471. The topological polar surface area (TPSA) is 80.0 Å². The van der Waals surface area contributed by atoms with Gasteiger partial charge in [0.25, 0.3) is 0 Å². The number of nitrogens with zero attached hydrogens (tertiary/aromatic N) is 2. The average Bonchev–Trinajstić information content (AvgIpc) is 3.05. The van der Waals surface area contributed by atoms with Gasteiger partial charge in [-0.1, -0.05) is 25.1 Å². The highest BCUT2D eigenvalue weighted by molar-refractivity contribution is 5.91. The number of benzene rings is 1. The molecule has 1 amide bonds. The first-order chi connectivity index (χ1) is 11.5. The molecule has 0 fully saturated rings. The Morgan fingerprint density at radius 1 is 1.44 bits per heavy atom. The second-order valence-corrected chi connectivity index (χ2v) is 6.24. The lowest BCUT2D eigenvalue weighted by Crippen LogP contribution is -2.25. The van der Waals surface area contributed by atoms with Gasteiger partial charge in [0.05, 0.1) is 5.69 Å². The molecular weight excluding hydrogens is 347 g/mol. The molecule has 1 aromatic carbocycles. The molecule has 0 saturated heterocycles. The first kappa shape index (κ1) is 19.3. The maximum Gasteiger partial charge on any atom is 0.227 e. The van der Waals surface area contributed by atoms with E-state index in [1.54, 1.807) is 6.07 Å². The minimum atomic E-state index is -0.331. The van der Waals surface area contributed by atoms with Crippen LogP contribution in [-0.2, 0) is 24.2 Å². The smallest absolute Gasteiger partial charge is 0.227 e. The van der Waals surface area contributed by atoms with Crippen LogP contribution in [0.3, 0.4) is 0 Å². The number of halogens is 2. The van der Waals surface area contributed by atoms with Crippen molar-refractivity contribution in [3.8, 4) is 0 Å². The number of rotatable bonds is 5. The van der Waals surface area contributed by atoms with Crippen molar-refractivity contribution in [2.45, 2.75) is 45.6 Å². The van der Waals surface area contributed by atoms with Gasteiger partial charge in [-0.25, -0.2) is 4.39 Å². The molecule has 0 aliphatic carbocycles. The Morgan fingerprint density at radius 3 is 2.96 bits per heavy atom. The molecule has 1 aromatic heterocycles. The van der Waals surface area contributed by atoms with Gasteiger partial charge in [0.2, 0.25) is 11.8 Å². The van der Waals surface area contributed by atoms with Gasteiger partial charge in [-0.15, -0.1) is 12.4 Å². The van der Waals surface area contributed by atoms with Gasteiger partial charge in [-0.2, -0.15) is 4.98 Å². The number of carbonyl (C=O) groups excluding carboxylic acids is 1. The fourth-order valence-corrected chi connectivity index (χ4v) is 2.67. The Bertz CT molecular complexity index is 748. The molecule has 2 N–H and O–H groups in total. The molecule has 0 saturated carbocycles. The summed E-state index contributed by atoms with van der Waals surface area (Å²) in [4.78, 5) is 16.3. The van der Waals surface area contributed by atoms with Crippen LogP contribution in [0, 0.1) is 5.82 Å². The lowest BCUT2D eigenvalue weighted by Gasteiger charge is -2.19. The van der Waals surface area contributed by atoms with Crippen LogP contribution in [0.15, 0.2) is 16.7 Å². The minimum absolute atomic E-state index is 0.